The molecule has 1 aromatic heterocycles. The van der Waals surface area contributed by atoms with Crippen molar-refractivity contribution < 1.29 is 19.1 Å². The molecule has 0 aliphatic carbocycles. The van der Waals surface area contributed by atoms with E-state index in [1.165, 1.54) is 11.8 Å². The molecule has 0 saturated carbocycles. The summed E-state index contributed by atoms with van der Waals surface area (Å²) in [5.74, 6) is 1.79. The summed E-state index contributed by atoms with van der Waals surface area (Å²) in [5, 5.41) is 18.2. The van der Waals surface area contributed by atoms with Crippen molar-refractivity contribution in [2.75, 3.05) is 20.0 Å². The lowest BCUT2D eigenvalue weighted by Gasteiger charge is -2.22. The Bertz CT molecular complexity index is 1580. The highest BCUT2D eigenvalue weighted by Crippen LogP contribution is 2.34. The highest BCUT2D eigenvalue weighted by molar-refractivity contribution is 7.99. The maximum Gasteiger partial charge on any atom is 0.253 e. The van der Waals surface area contributed by atoms with Gasteiger partial charge in [-0.25, -0.2) is 5.01 Å². The molecule has 1 aliphatic rings. The van der Waals surface area contributed by atoms with Crippen LogP contribution in [0.2, 0.25) is 0 Å². The molecule has 216 valence electrons. The van der Waals surface area contributed by atoms with Crippen LogP contribution >= 0.6 is 11.8 Å². The highest BCUT2D eigenvalue weighted by atomic mass is 32.2. The Kier molecular flexibility index (Phi) is 8.87. The molecule has 0 saturated heterocycles. The van der Waals surface area contributed by atoms with Gasteiger partial charge >= 0.3 is 0 Å². The first-order chi connectivity index (χ1) is 20.4. The molecule has 10 nitrogen and oxygen atoms in total. The Hall–Kier alpha value is -4.64. The maximum atomic E-state index is 13.5. The van der Waals surface area contributed by atoms with E-state index in [0.717, 1.165) is 28.2 Å². The van der Waals surface area contributed by atoms with E-state index >= 15 is 0 Å². The number of hydrogen-bond acceptors (Lipinski definition) is 8. The lowest BCUT2D eigenvalue weighted by atomic mass is 9.97. The highest BCUT2D eigenvalue weighted by Gasteiger charge is 2.33. The number of methoxy groups -OCH3 is 2. The van der Waals surface area contributed by atoms with E-state index in [1.54, 1.807) is 48.1 Å². The average molecular weight is 585 g/mol. The van der Waals surface area contributed by atoms with Crippen LogP contribution in [0.25, 0.3) is 0 Å². The third-order valence-corrected chi connectivity index (χ3v) is 8.07. The summed E-state index contributed by atoms with van der Waals surface area (Å²) >= 11 is 1.28. The van der Waals surface area contributed by atoms with E-state index in [1.807, 2.05) is 50.4 Å². The van der Waals surface area contributed by atoms with Gasteiger partial charge in [-0.1, -0.05) is 41.6 Å². The van der Waals surface area contributed by atoms with Gasteiger partial charge in [-0.2, -0.15) is 5.10 Å². The number of hydrazone groups is 1. The normalized spacial score (nSPS) is 14.4. The number of aromatic nitrogens is 3. The van der Waals surface area contributed by atoms with Gasteiger partial charge < -0.3 is 19.4 Å². The molecule has 1 aliphatic heterocycles. The Labute approximate surface area is 248 Å². The van der Waals surface area contributed by atoms with Crippen LogP contribution in [0.5, 0.6) is 11.5 Å². The number of ether oxygens (including phenoxy) is 2. The van der Waals surface area contributed by atoms with E-state index in [9.17, 15) is 9.59 Å². The van der Waals surface area contributed by atoms with Gasteiger partial charge in [-0.05, 0) is 66.6 Å². The molecule has 0 spiro atoms. The molecule has 0 bridgehead atoms. The van der Waals surface area contributed by atoms with Crippen LogP contribution in [0.4, 0.5) is 0 Å². The van der Waals surface area contributed by atoms with Crippen molar-refractivity contribution in [2.24, 2.45) is 12.1 Å². The monoisotopic (exact) mass is 584 g/mol. The minimum absolute atomic E-state index is 0.131. The summed E-state index contributed by atoms with van der Waals surface area (Å²) in [5.41, 5.74) is 4.49. The lowest BCUT2D eigenvalue weighted by Crippen LogP contribution is -2.28. The molecular weight excluding hydrogens is 552 g/mol. The first-order valence-electron chi connectivity index (χ1n) is 13.4. The van der Waals surface area contributed by atoms with Crippen molar-refractivity contribution >= 4 is 29.3 Å². The average Bonchev–Trinajstić information content (AvgIpc) is 3.63. The SMILES string of the molecule is COc1ccc(C(=O)NCc2nnc(SCC(=O)N3N=C(c4ccc(OC)cc4)C[C@@H]3c3ccc(C)cc3)n2C)cc1. The van der Waals surface area contributed by atoms with Crippen LogP contribution in [0.15, 0.2) is 83.1 Å². The number of carbonyl (C=O) groups excluding carboxylic acids is 2. The summed E-state index contributed by atoms with van der Waals surface area (Å²) in [6, 6.07) is 22.6. The zero-order chi connectivity index (χ0) is 29.6. The smallest absolute Gasteiger partial charge is 0.253 e. The van der Waals surface area contributed by atoms with Crippen molar-refractivity contribution in [1.82, 2.24) is 25.1 Å². The van der Waals surface area contributed by atoms with Crippen molar-refractivity contribution in [2.45, 2.75) is 31.1 Å². The summed E-state index contributed by atoms with van der Waals surface area (Å²) in [6.07, 6.45) is 0.605. The molecule has 1 N–H and O–H groups in total. The molecule has 0 fully saturated rings. The number of aryl methyl sites for hydroxylation is 1. The van der Waals surface area contributed by atoms with Gasteiger partial charge in [0, 0.05) is 19.0 Å². The summed E-state index contributed by atoms with van der Waals surface area (Å²) in [6.45, 7) is 2.23. The predicted octanol–water partition coefficient (Wildman–Crippen LogP) is 4.54. The molecule has 0 unspecified atom stereocenters. The first kappa shape index (κ1) is 28.9. The second-order valence-electron chi connectivity index (χ2n) is 9.80. The minimum Gasteiger partial charge on any atom is -0.497 e. The predicted molar refractivity (Wildman–Crippen MR) is 161 cm³/mol. The number of nitrogens with one attached hydrogen (secondary N) is 1. The topological polar surface area (TPSA) is 111 Å². The van der Waals surface area contributed by atoms with Crippen LogP contribution in [0.3, 0.4) is 0 Å². The quantitative estimate of drug-likeness (QED) is 0.273. The zero-order valence-corrected chi connectivity index (χ0v) is 24.7. The van der Waals surface area contributed by atoms with E-state index in [2.05, 4.69) is 27.6 Å². The molecule has 4 aromatic rings. The van der Waals surface area contributed by atoms with Crippen molar-refractivity contribution in [3.63, 3.8) is 0 Å². The molecule has 2 heterocycles. The van der Waals surface area contributed by atoms with Crippen molar-refractivity contribution in [1.29, 1.82) is 0 Å². The molecule has 42 heavy (non-hydrogen) atoms. The van der Waals surface area contributed by atoms with Gasteiger partial charge in [0.1, 0.15) is 11.5 Å². The Morgan fingerprint density at radius 1 is 0.929 bits per heavy atom. The third-order valence-electron chi connectivity index (χ3n) is 7.06. The Morgan fingerprint density at radius 2 is 1.57 bits per heavy atom. The molecular formula is C31H32N6O4S. The van der Waals surface area contributed by atoms with Crippen LogP contribution in [-0.4, -0.2) is 57.3 Å². The number of hydrogen-bond donors (Lipinski definition) is 1. The standard InChI is InChI=1S/C31H32N6O4S/c1-20-5-7-22(8-6-20)27-17-26(21-9-13-24(40-3)14-10-21)35-37(27)29(38)19-42-31-34-33-28(36(31)2)18-32-30(39)23-11-15-25(41-4)16-12-23/h5-16,27H,17-19H2,1-4H3,(H,32,39)/t27-/m1/s1. The fraction of sp³-hybridized carbons (Fsp3) is 0.258. The number of rotatable bonds is 10. The van der Waals surface area contributed by atoms with Gasteiger partial charge in [0.2, 0.25) is 0 Å². The van der Waals surface area contributed by atoms with E-state index in [-0.39, 0.29) is 30.2 Å². The second kappa shape index (κ2) is 12.9. The Balaban J connectivity index is 1.25. The summed E-state index contributed by atoms with van der Waals surface area (Å²) in [4.78, 5) is 26.1. The summed E-state index contributed by atoms with van der Waals surface area (Å²) < 4.78 is 12.2. The largest absolute Gasteiger partial charge is 0.497 e. The van der Waals surface area contributed by atoms with Gasteiger partial charge in [0.15, 0.2) is 11.0 Å². The molecule has 5 rings (SSSR count). The Morgan fingerprint density at radius 3 is 2.21 bits per heavy atom. The molecule has 0 radical (unpaired) electrons. The molecule has 3 aromatic carbocycles. The van der Waals surface area contributed by atoms with E-state index < -0.39 is 0 Å². The number of benzene rings is 3. The first-order valence-corrected chi connectivity index (χ1v) is 14.4. The van der Waals surface area contributed by atoms with Gasteiger partial charge in [0.25, 0.3) is 11.8 Å². The van der Waals surface area contributed by atoms with Gasteiger partial charge in [-0.15, -0.1) is 10.2 Å². The van der Waals surface area contributed by atoms with Crippen LogP contribution in [0, 0.1) is 6.92 Å². The van der Waals surface area contributed by atoms with Crippen molar-refractivity contribution in [3.8, 4) is 11.5 Å². The van der Waals surface area contributed by atoms with E-state index in [4.69, 9.17) is 14.6 Å². The van der Waals surface area contributed by atoms with E-state index in [0.29, 0.717) is 28.7 Å². The lowest BCUT2D eigenvalue weighted by molar-refractivity contribution is -0.130. The molecule has 1 atom stereocenters. The maximum absolute atomic E-state index is 13.5. The van der Waals surface area contributed by atoms with Crippen LogP contribution in [0.1, 0.15) is 45.3 Å². The number of nitrogens with zero attached hydrogens (tertiary/aromatic N) is 5. The number of thioether (sulfide) groups is 1. The third kappa shape index (κ3) is 6.46. The molecule has 2 amide bonds. The minimum atomic E-state index is -0.230. The fourth-order valence-corrected chi connectivity index (χ4v) is 5.35. The van der Waals surface area contributed by atoms with Gasteiger partial charge in [-0.3, -0.25) is 9.59 Å². The summed E-state index contributed by atoms with van der Waals surface area (Å²) in [7, 11) is 5.02. The molecule has 11 heteroatoms. The number of amides is 2. The van der Waals surface area contributed by atoms with Crippen LogP contribution in [-0.2, 0) is 18.4 Å². The van der Waals surface area contributed by atoms with Crippen molar-refractivity contribution in [3.05, 3.63) is 101 Å². The zero-order valence-electron chi connectivity index (χ0n) is 23.9. The van der Waals surface area contributed by atoms with Gasteiger partial charge in [0.05, 0.1) is 38.3 Å². The second-order valence-corrected chi connectivity index (χ2v) is 10.7. The number of carbonyl (C=O) groups is 2. The fourth-order valence-electron chi connectivity index (χ4n) is 4.57. The van der Waals surface area contributed by atoms with Crippen LogP contribution < -0.4 is 14.8 Å².